The molecule has 12 aromatic rings. The minimum Gasteiger partial charge on any atom is -0.456 e. The van der Waals surface area contributed by atoms with E-state index in [4.69, 9.17) is 17.7 Å². The summed E-state index contributed by atoms with van der Waals surface area (Å²) in [7, 11) is 0. The molecule has 0 amide bonds. The van der Waals surface area contributed by atoms with Crippen molar-refractivity contribution >= 4 is 122 Å². The molecule has 0 N–H and O–H groups in total. The quantitative estimate of drug-likeness (QED) is 0.117. The van der Waals surface area contributed by atoms with Gasteiger partial charge in [0, 0.05) is 78.7 Å². The lowest BCUT2D eigenvalue weighted by Crippen LogP contribution is -2.10. The Bertz CT molecular complexity index is 4210. The summed E-state index contributed by atoms with van der Waals surface area (Å²) < 4.78 is 27.8. The number of benzene rings is 12. The van der Waals surface area contributed by atoms with Crippen molar-refractivity contribution in [3.8, 4) is 33.4 Å². The second-order valence-corrected chi connectivity index (χ2v) is 18.3. The first kappa shape index (κ1) is 37.6. The van der Waals surface area contributed by atoms with Crippen LogP contribution in [0.4, 0.5) is 34.1 Å². The molecule has 0 spiro atoms. The molecule has 4 aliphatic heterocycles. The number of anilines is 6. The van der Waals surface area contributed by atoms with E-state index in [1.54, 1.807) is 0 Å². The van der Waals surface area contributed by atoms with Gasteiger partial charge in [-0.15, -0.1) is 0 Å². The molecule has 4 heterocycles. The Labute approximate surface area is 399 Å². The lowest BCUT2D eigenvalue weighted by Gasteiger charge is -2.27. The summed E-state index contributed by atoms with van der Waals surface area (Å²) in [4.78, 5) is 4.56. The van der Waals surface area contributed by atoms with E-state index in [-0.39, 0.29) is 0 Å². The third-order valence-corrected chi connectivity index (χ3v) is 14.5. The van der Waals surface area contributed by atoms with Crippen molar-refractivity contribution in [2.45, 2.75) is 0 Å². The minimum absolute atomic E-state index is 0.802. The molecule has 12 aromatic carbocycles. The Balaban J connectivity index is 0.886. The van der Waals surface area contributed by atoms with Gasteiger partial charge in [0.15, 0.2) is 0 Å². The number of para-hydroxylation sites is 4. The van der Waals surface area contributed by atoms with Crippen molar-refractivity contribution in [3.05, 3.63) is 218 Å². The summed E-state index contributed by atoms with van der Waals surface area (Å²) in [6, 6.07) is 76.6. The fourth-order valence-electron chi connectivity index (χ4n) is 11.6. The third-order valence-electron chi connectivity index (χ3n) is 14.5. The molecule has 0 saturated heterocycles. The lowest BCUT2D eigenvalue weighted by molar-refractivity contribution is 0.646. The second-order valence-electron chi connectivity index (χ2n) is 18.3. The van der Waals surface area contributed by atoms with Crippen LogP contribution in [0, 0.1) is 0 Å². The largest absolute Gasteiger partial charge is 0.456 e. The molecule has 0 unspecified atom stereocenters. The van der Waals surface area contributed by atoms with Gasteiger partial charge >= 0.3 is 0 Å². The SMILES string of the molecule is c1ccc(N(c2ccccc2)c2cc3ccc4oc5ccc(-c6ccc7oc8ccc9cc(N(c%10ccccc%10)c%10ccccc%10)cc%10oc%11ccc6c7c%11-c8c9%10)c6ccc7oc(c2)c3c4-c7c56)cc1. The summed E-state index contributed by atoms with van der Waals surface area (Å²) in [5, 5.41) is 8.50. The van der Waals surface area contributed by atoms with Crippen molar-refractivity contribution in [2.24, 2.45) is 0 Å². The monoisotopic (exact) mass is 896 g/mol. The van der Waals surface area contributed by atoms with Crippen LogP contribution in [0.25, 0.3) is 121 Å². The van der Waals surface area contributed by atoms with Crippen LogP contribution < -0.4 is 9.80 Å². The van der Waals surface area contributed by atoms with E-state index in [9.17, 15) is 0 Å². The average molecular weight is 897 g/mol. The van der Waals surface area contributed by atoms with Crippen molar-refractivity contribution in [2.75, 3.05) is 9.80 Å². The maximum Gasteiger partial charge on any atom is 0.138 e. The van der Waals surface area contributed by atoms with Gasteiger partial charge in [0.05, 0.1) is 11.4 Å². The second kappa shape index (κ2) is 14.0. The van der Waals surface area contributed by atoms with E-state index < -0.39 is 0 Å². The molecule has 6 nitrogen and oxygen atoms in total. The van der Waals surface area contributed by atoms with E-state index in [2.05, 4.69) is 204 Å². The van der Waals surface area contributed by atoms with Crippen LogP contribution in [0.1, 0.15) is 0 Å². The Morgan fingerprint density at radius 2 is 0.543 bits per heavy atom. The predicted octanol–water partition coefficient (Wildman–Crippen LogP) is 19.0. The minimum atomic E-state index is 0.802. The van der Waals surface area contributed by atoms with Crippen LogP contribution in [0.2, 0.25) is 0 Å². The van der Waals surface area contributed by atoms with E-state index >= 15 is 0 Å². The zero-order chi connectivity index (χ0) is 45.6. The predicted molar refractivity (Wildman–Crippen MR) is 286 cm³/mol. The normalized spacial score (nSPS) is 12.3. The van der Waals surface area contributed by atoms with Crippen LogP contribution in [0.15, 0.2) is 236 Å². The molecule has 4 aliphatic rings. The first-order valence-corrected chi connectivity index (χ1v) is 23.6. The van der Waals surface area contributed by atoms with Gasteiger partial charge in [-0.3, -0.25) is 0 Å². The Kier molecular flexibility index (Phi) is 7.52. The van der Waals surface area contributed by atoms with Gasteiger partial charge in [0.25, 0.3) is 0 Å². The molecule has 326 valence electrons. The highest BCUT2D eigenvalue weighted by atomic mass is 16.3. The first-order chi connectivity index (χ1) is 34.7. The van der Waals surface area contributed by atoms with Crippen LogP contribution in [0.5, 0.6) is 0 Å². The van der Waals surface area contributed by atoms with Gasteiger partial charge in [0.1, 0.15) is 44.7 Å². The summed E-state index contributed by atoms with van der Waals surface area (Å²) in [5.41, 5.74) is 19.2. The number of nitrogens with zero attached hydrogens (tertiary/aromatic N) is 2. The molecule has 70 heavy (non-hydrogen) atoms. The number of rotatable bonds is 7. The van der Waals surface area contributed by atoms with E-state index in [0.29, 0.717) is 0 Å². The maximum atomic E-state index is 7.01. The fraction of sp³-hybridized carbons (Fsp3) is 0. The van der Waals surface area contributed by atoms with Crippen molar-refractivity contribution in [1.82, 2.24) is 0 Å². The standard InChI is InChI=1S/C64H36N2O4/c1-5-13-39(14-6-1)65(40-15-7-2-8-16-40)43-33-37-21-27-51-61-57(37)55(35-43)69-53-31-25-47-45(23-29-49(67-51)59(47)63(53)61)46-24-30-50-60-48(46)26-32-54-64(60)62-52(68-50)28-22-38-34-44(36-56(70-54)58(38)62)66(41-17-9-3-10-18-41)42-19-11-4-12-20-42/h1-36H. The molecule has 0 aromatic heterocycles. The van der Waals surface area contributed by atoms with Gasteiger partial charge < -0.3 is 27.5 Å². The average Bonchev–Trinajstić information content (AvgIpc) is 3.42. The Hall–Kier alpha value is -9.52. The summed E-state index contributed by atoms with van der Waals surface area (Å²) in [6.07, 6.45) is 0. The molecule has 0 aliphatic carbocycles. The molecule has 6 heteroatoms. The van der Waals surface area contributed by atoms with Gasteiger partial charge in [0.2, 0.25) is 0 Å². The summed E-state index contributed by atoms with van der Waals surface area (Å²) in [5.74, 6) is 0. The topological polar surface area (TPSA) is 59.0 Å². The molecular formula is C64H36N2O4. The van der Waals surface area contributed by atoms with E-state index in [1.165, 1.54) is 0 Å². The zero-order valence-electron chi connectivity index (χ0n) is 37.3. The van der Waals surface area contributed by atoms with Gasteiger partial charge in [-0.25, -0.2) is 0 Å². The molecule has 0 atom stereocenters. The molecule has 16 rings (SSSR count). The van der Waals surface area contributed by atoms with Crippen LogP contribution >= 0.6 is 0 Å². The molecular weight excluding hydrogens is 861 g/mol. The Morgan fingerprint density at radius 1 is 0.229 bits per heavy atom. The van der Waals surface area contributed by atoms with Gasteiger partial charge in [-0.05, 0) is 142 Å². The van der Waals surface area contributed by atoms with Crippen LogP contribution in [-0.2, 0) is 0 Å². The Morgan fingerprint density at radius 3 is 0.914 bits per heavy atom. The number of hydrogen-bond donors (Lipinski definition) is 0. The molecule has 0 bridgehead atoms. The smallest absolute Gasteiger partial charge is 0.138 e. The zero-order valence-corrected chi connectivity index (χ0v) is 37.3. The highest BCUT2D eigenvalue weighted by molar-refractivity contribution is 6.29. The fourth-order valence-corrected chi connectivity index (χ4v) is 11.6. The van der Waals surface area contributed by atoms with E-state index in [0.717, 1.165) is 155 Å². The summed E-state index contributed by atoms with van der Waals surface area (Å²) in [6.45, 7) is 0. The van der Waals surface area contributed by atoms with Crippen molar-refractivity contribution in [1.29, 1.82) is 0 Å². The van der Waals surface area contributed by atoms with Crippen LogP contribution in [0.3, 0.4) is 0 Å². The first-order valence-electron chi connectivity index (χ1n) is 23.6. The van der Waals surface area contributed by atoms with Crippen molar-refractivity contribution in [3.63, 3.8) is 0 Å². The third kappa shape index (κ3) is 5.22. The molecule has 0 radical (unpaired) electrons. The molecule has 0 fully saturated rings. The highest BCUT2D eigenvalue weighted by Gasteiger charge is 2.30. The maximum absolute atomic E-state index is 7.01. The summed E-state index contributed by atoms with van der Waals surface area (Å²) >= 11 is 0. The van der Waals surface area contributed by atoms with Gasteiger partial charge in [-0.2, -0.15) is 0 Å². The molecule has 0 saturated carbocycles. The lowest BCUT2D eigenvalue weighted by atomic mass is 9.85. The highest BCUT2D eigenvalue weighted by Crippen LogP contribution is 2.54. The van der Waals surface area contributed by atoms with Crippen molar-refractivity contribution < 1.29 is 17.7 Å². The van der Waals surface area contributed by atoms with Gasteiger partial charge in [-0.1, -0.05) is 97.1 Å². The van der Waals surface area contributed by atoms with E-state index in [1.807, 2.05) is 24.3 Å². The van der Waals surface area contributed by atoms with Crippen LogP contribution in [-0.4, -0.2) is 0 Å². The number of hydrogen-bond acceptors (Lipinski definition) is 6.